The Morgan fingerprint density at radius 3 is 2.83 bits per heavy atom. The molecule has 6 nitrogen and oxygen atoms in total. The summed E-state index contributed by atoms with van der Waals surface area (Å²) in [5.74, 6) is 0.415. The standard InChI is InChI=1S/C17H24N2O4/c1-23-16-13(9-12-3-2-4-14(12)18-16)17(22)19-7-5-11(6-8-19)15(21)10-20/h9,11,15,20-21H,2-8,10H2,1H3. The predicted molar refractivity (Wildman–Crippen MR) is 84.5 cm³/mol. The van der Waals surface area contributed by atoms with Crippen LogP contribution >= 0.6 is 0 Å². The highest BCUT2D eigenvalue weighted by Gasteiger charge is 2.30. The first-order valence-corrected chi connectivity index (χ1v) is 8.29. The molecule has 2 aliphatic rings. The van der Waals surface area contributed by atoms with Crippen molar-refractivity contribution in [2.24, 2.45) is 5.92 Å². The van der Waals surface area contributed by atoms with Crippen LogP contribution in [0.15, 0.2) is 6.07 Å². The fraction of sp³-hybridized carbons (Fsp3) is 0.647. The number of methoxy groups -OCH3 is 1. The Morgan fingerprint density at radius 2 is 2.17 bits per heavy atom. The van der Waals surface area contributed by atoms with Gasteiger partial charge in [-0.3, -0.25) is 4.79 Å². The van der Waals surface area contributed by atoms with Crippen LogP contribution in [0.2, 0.25) is 0 Å². The molecule has 1 fully saturated rings. The summed E-state index contributed by atoms with van der Waals surface area (Å²) in [7, 11) is 1.55. The van der Waals surface area contributed by atoms with Gasteiger partial charge in [0, 0.05) is 18.8 Å². The number of fused-ring (bicyclic) bond motifs is 1. The zero-order valence-electron chi connectivity index (χ0n) is 13.5. The molecule has 0 radical (unpaired) electrons. The number of aliphatic hydroxyl groups is 2. The first-order chi connectivity index (χ1) is 11.1. The Labute approximate surface area is 136 Å². The molecule has 0 saturated carbocycles. The second kappa shape index (κ2) is 6.84. The number of aryl methyl sites for hydroxylation is 2. The SMILES string of the molecule is COc1nc2c(cc1C(=O)N1CCC(C(O)CO)CC1)CCC2. The molecule has 0 spiro atoms. The number of aromatic nitrogens is 1. The van der Waals surface area contributed by atoms with E-state index in [1.54, 1.807) is 12.0 Å². The molecular weight excluding hydrogens is 296 g/mol. The molecule has 6 heteroatoms. The van der Waals surface area contributed by atoms with E-state index in [0.717, 1.165) is 30.5 Å². The van der Waals surface area contributed by atoms with Crippen LogP contribution in [0.5, 0.6) is 5.88 Å². The Kier molecular flexibility index (Phi) is 4.82. The highest BCUT2D eigenvalue weighted by atomic mass is 16.5. The van der Waals surface area contributed by atoms with Gasteiger partial charge in [-0.25, -0.2) is 4.98 Å². The van der Waals surface area contributed by atoms with Crippen molar-refractivity contribution in [3.05, 3.63) is 22.9 Å². The average Bonchev–Trinajstić information content (AvgIpc) is 3.06. The third-order valence-electron chi connectivity index (χ3n) is 5.00. The molecule has 126 valence electrons. The minimum atomic E-state index is -0.691. The van der Waals surface area contributed by atoms with Crippen LogP contribution in [0.4, 0.5) is 0 Å². The smallest absolute Gasteiger partial charge is 0.259 e. The molecule has 1 aromatic heterocycles. The van der Waals surface area contributed by atoms with Crippen molar-refractivity contribution in [2.45, 2.75) is 38.2 Å². The predicted octanol–water partition coefficient (Wildman–Crippen LogP) is 0.784. The van der Waals surface area contributed by atoms with E-state index < -0.39 is 6.10 Å². The lowest BCUT2D eigenvalue weighted by molar-refractivity contribution is 0.0178. The summed E-state index contributed by atoms with van der Waals surface area (Å²) >= 11 is 0. The second-order valence-electron chi connectivity index (χ2n) is 6.38. The molecule has 1 aliphatic carbocycles. The van der Waals surface area contributed by atoms with Gasteiger partial charge < -0.3 is 19.8 Å². The summed E-state index contributed by atoms with van der Waals surface area (Å²) in [6, 6.07) is 1.94. The highest BCUT2D eigenvalue weighted by Crippen LogP contribution is 2.29. The van der Waals surface area contributed by atoms with Crippen molar-refractivity contribution in [3.8, 4) is 5.88 Å². The Bertz CT molecular complexity index is 582. The number of ether oxygens (including phenoxy) is 1. The number of amides is 1. The molecule has 1 aliphatic heterocycles. The Morgan fingerprint density at radius 1 is 1.43 bits per heavy atom. The van der Waals surface area contributed by atoms with Gasteiger partial charge in [-0.1, -0.05) is 0 Å². The maximum absolute atomic E-state index is 12.8. The van der Waals surface area contributed by atoms with Gasteiger partial charge in [0.2, 0.25) is 5.88 Å². The van der Waals surface area contributed by atoms with E-state index in [4.69, 9.17) is 9.84 Å². The number of aliphatic hydroxyl groups excluding tert-OH is 2. The number of likely N-dealkylation sites (tertiary alicyclic amines) is 1. The van der Waals surface area contributed by atoms with Crippen LogP contribution in [0.3, 0.4) is 0 Å². The quantitative estimate of drug-likeness (QED) is 0.857. The summed E-state index contributed by atoms with van der Waals surface area (Å²) in [5, 5.41) is 18.8. The van der Waals surface area contributed by atoms with Crippen molar-refractivity contribution in [3.63, 3.8) is 0 Å². The molecule has 23 heavy (non-hydrogen) atoms. The third-order valence-corrected chi connectivity index (χ3v) is 5.00. The van der Waals surface area contributed by atoms with Crippen LogP contribution in [0.1, 0.15) is 40.9 Å². The largest absolute Gasteiger partial charge is 0.480 e. The zero-order chi connectivity index (χ0) is 16.4. The normalized spacial score (nSPS) is 19.5. The molecule has 1 amide bonds. The molecule has 1 unspecified atom stereocenters. The van der Waals surface area contributed by atoms with Crippen LogP contribution in [-0.2, 0) is 12.8 Å². The summed E-state index contributed by atoms with van der Waals surface area (Å²) in [6.45, 7) is 0.947. The highest BCUT2D eigenvalue weighted by molar-refractivity contribution is 5.96. The molecular formula is C17H24N2O4. The van der Waals surface area contributed by atoms with Gasteiger partial charge in [-0.15, -0.1) is 0 Å². The van der Waals surface area contributed by atoms with Gasteiger partial charge >= 0.3 is 0 Å². The number of hydrogen-bond donors (Lipinski definition) is 2. The van der Waals surface area contributed by atoms with Crippen molar-refractivity contribution < 1.29 is 19.7 Å². The first kappa shape index (κ1) is 16.2. The fourth-order valence-corrected chi connectivity index (χ4v) is 3.57. The summed E-state index contributed by atoms with van der Waals surface area (Å²) < 4.78 is 5.33. The van der Waals surface area contributed by atoms with E-state index in [0.29, 0.717) is 37.4 Å². The molecule has 0 aromatic carbocycles. The van der Waals surface area contributed by atoms with E-state index in [2.05, 4.69) is 4.98 Å². The molecule has 1 aromatic rings. The Hall–Kier alpha value is -1.66. The van der Waals surface area contributed by atoms with Gasteiger partial charge in [0.15, 0.2) is 0 Å². The van der Waals surface area contributed by atoms with Gasteiger partial charge in [0.25, 0.3) is 5.91 Å². The summed E-state index contributed by atoms with van der Waals surface area (Å²) in [5.41, 5.74) is 2.73. The van der Waals surface area contributed by atoms with E-state index in [1.165, 1.54) is 0 Å². The number of hydrogen-bond acceptors (Lipinski definition) is 5. The maximum Gasteiger partial charge on any atom is 0.259 e. The average molecular weight is 320 g/mol. The lowest BCUT2D eigenvalue weighted by Crippen LogP contribution is -2.42. The zero-order valence-corrected chi connectivity index (χ0v) is 13.5. The number of rotatable bonds is 4. The fourth-order valence-electron chi connectivity index (χ4n) is 3.57. The van der Waals surface area contributed by atoms with Crippen LogP contribution in [0, 0.1) is 5.92 Å². The maximum atomic E-state index is 12.8. The minimum absolute atomic E-state index is 0.0546. The van der Waals surface area contributed by atoms with E-state index in [9.17, 15) is 9.90 Å². The molecule has 2 heterocycles. The number of carbonyl (C=O) groups is 1. The van der Waals surface area contributed by atoms with Crippen LogP contribution < -0.4 is 4.74 Å². The third kappa shape index (κ3) is 3.19. The molecule has 2 N–H and O–H groups in total. The van der Waals surface area contributed by atoms with Crippen LogP contribution in [-0.4, -0.2) is 58.9 Å². The molecule has 1 saturated heterocycles. The lowest BCUT2D eigenvalue weighted by Gasteiger charge is -2.34. The summed E-state index contributed by atoms with van der Waals surface area (Å²) in [4.78, 5) is 19.1. The molecule has 3 rings (SSSR count). The lowest BCUT2D eigenvalue weighted by atomic mass is 9.91. The van der Waals surface area contributed by atoms with Gasteiger partial charge in [0.1, 0.15) is 5.56 Å². The molecule has 0 bridgehead atoms. The number of piperidine rings is 1. The second-order valence-corrected chi connectivity index (χ2v) is 6.38. The monoisotopic (exact) mass is 320 g/mol. The van der Waals surface area contributed by atoms with Crippen molar-refractivity contribution in [1.82, 2.24) is 9.88 Å². The summed E-state index contributed by atoms with van der Waals surface area (Å²) in [6.07, 6.45) is 3.71. The van der Waals surface area contributed by atoms with E-state index >= 15 is 0 Å². The van der Waals surface area contributed by atoms with Crippen LogP contribution in [0.25, 0.3) is 0 Å². The number of nitrogens with zero attached hydrogens (tertiary/aromatic N) is 2. The van der Waals surface area contributed by atoms with Gasteiger partial charge in [-0.05, 0) is 49.7 Å². The topological polar surface area (TPSA) is 82.9 Å². The Balaban J connectivity index is 1.74. The van der Waals surface area contributed by atoms with Crippen molar-refractivity contribution >= 4 is 5.91 Å². The number of carbonyl (C=O) groups excluding carboxylic acids is 1. The van der Waals surface area contributed by atoms with Gasteiger partial charge in [-0.2, -0.15) is 0 Å². The van der Waals surface area contributed by atoms with E-state index in [1.807, 2.05) is 6.07 Å². The minimum Gasteiger partial charge on any atom is -0.480 e. The number of pyridine rings is 1. The first-order valence-electron chi connectivity index (χ1n) is 8.29. The van der Waals surface area contributed by atoms with Gasteiger partial charge in [0.05, 0.1) is 19.8 Å². The van der Waals surface area contributed by atoms with Crippen molar-refractivity contribution in [2.75, 3.05) is 26.8 Å². The van der Waals surface area contributed by atoms with E-state index in [-0.39, 0.29) is 18.4 Å². The molecule has 1 atom stereocenters. The van der Waals surface area contributed by atoms with Crippen molar-refractivity contribution in [1.29, 1.82) is 0 Å².